The van der Waals surface area contributed by atoms with Crippen molar-refractivity contribution in [2.45, 2.75) is 63.8 Å². The summed E-state index contributed by atoms with van der Waals surface area (Å²) in [6.45, 7) is 3.50. The molecule has 0 unspecified atom stereocenters. The van der Waals surface area contributed by atoms with Gasteiger partial charge in [0.1, 0.15) is 0 Å². The Morgan fingerprint density at radius 1 is 1.04 bits per heavy atom. The van der Waals surface area contributed by atoms with Gasteiger partial charge in [-0.05, 0) is 61.9 Å². The molecule has 1 aliphatic carbocycles. The molecule has 0 saturated carbocycles. The third-order valence-electron chi connectivity index (χ3n) is 8.77. The summed E-state index contributed by atoms with van der Waals surface area (Å²) in [5, 5.41) is 20.6. The third-order valence-corrected chi connectivity index (χ3v) is 9.56. The smallest absolute Gasteiger partial charge is 0.220 e. The number of ether oxygens (including phenoxy) is 1. The molecule has 240 valence electrons. The van der Waals surface area contributed by atoms with Crippen LogP contribution in [0.2, 0.25) is 10.0 Å². The van der Waals surface area contributed by atoms with Gasteiger partial charge >= 0.3 is 0 Å². The van der Waals surface area contributed by atoms with Crippen LogP contribution in [0.25, 0.3) is 33.6 Å². The van der Waals surface area contributed by atoms with Gasteiger partial charge < -0.3 is 25.8 Å². The van der Waals surface area contributed by atoms with Gasteiger partial charge in [0.15, 0.2) is 0 Å². The zero-order valence-corrected chi connectivity index (χ0v) is 27.6. The topological polar surface area (TPSA) is 108 Å². The van der Waals surface area contributed by atoms with Gasteiger partial charge in [-0.3, -0.25) is 9.78 Å². The number of aryl methyl sites for hydroxylation is 1. The van der Waals surface area contributed by atoms with E-state index in [1.54, 1.807) is 20.2 Å². The fraction of sp³-hybridized carbons (Fsp3) is 0.361. The highest BCUT2D eigenvalue weighted by Crippen LogP contribution is 2.42. The van der Waals surface area contributed by atoms with Crippen LogP contribution in [0.5, 0.6) is 5.88 Å². The first kappa shape index (κ1) is 32.4. The van der Waals surface area contributed by atoms with E-state index >= 15 is 0 Å². The molecule has 2 aromatic carbocycles. The zero-order chi connectivity index (χ0) is 32.2. The van der Waals surface area contributed by atoms with Gasteiger partial charge in [-0.15, -0.1) is 0 Å². The SMILES string of the molecule is COc1nc(-c2cccc(-c3ccnc(-c4ccc5c(c4)CCC[C@@H]5NC[C@H]4CCC(=O)N4)c3Cl)c2Cl)ccc1CNC[C@@H](C)O. The normalized spacial score (nSPS) is 18.2. The minimum atomic E-state index is -0.443. The number of carbonyl (C=O) groups is 1. The molecule has 6 rings (SSSR count). The zero-order valence-electron chi connectivity index (χ0n) is 26.1. The molecular formula is C36H39Cl2N5O3. The highest BCUT2D eigenvalue weighted by atomic mass is 35.5. The second-order valence-corrected chi connectivity index (χ2v) is 12.9. The molecule has 1 amide bonds. The molecule has 0 bridgehead atoms. The molecule has 46 heavy (non-hydrogen) atoms. The maximum absolute atomic E-state index is 11.6. The van der Waals surface area contributed by atoms with Crippen molar-refractivity contribution in [3.63, 3.8) is 0 Å². The first-order valence-electron chi connectivity index (χ1n) is 15.8. The summed E-state index contributed by atoms with van der Waals surface area (Å²) in [4.78, 5) is 21.1. The molecule has 3 atom stereocenters. The monoisotopic (exact) mass is 659 g/mol. The van der Waals surface area contributed by atoms with Gasteiger partial charge in [0.25, 0.3) is 0 Å². The maximum Gasteiger partial charge on any atom is 0.220 e. The van der Waals surface area contributed by atoms with Crippen LogP contribution in [0.1, 0.15) is 55.3 Å². The van der Waals surface area contributed by atoms with Crippen LogP contribution < -0.4 is 20.7 Å². The van der Waals surface area contributed by atoms with Crippen LogP contribution in [0.15, 0.2) is 60.8 Å². The van der Waals surface area contributed by atoms with E-state index in [9.17, 15) is 9.90 Å². The second-order valence-electron chi connectivity index (χ2n) is 12.1. The Morgan fingerprint density at radius 3 is 2.65 bits per heavy atom. The van der Waals surface area contributed by atoms with Gasteiger partial charge in [0.05, 0.1) is 34.6 Å². The number of pyridine rings is 2. The largest absolute Gasteiger partial charge is 0.481 e. The minimum Gasteiger partial charge on any atom is -0.481 e. The van der Waals surface area contributed by atoms with Gasteiger partial charge in [-0.1, -0.05) is 59.6 Å². The molecule has 1 fully saturated rings. The molecule has 3 heterocycles. The maximum atomic E-state index is 11.6. The van der Waals surface area contributed by atoms with E-state index in [-0.39, 0.29) is 18.0 Å². The number of hydrogen-bond donors (Lipinski definition) is 4. The van der Waals surface area contributed by atoms with Crippen molar-refractivity contribution in [1.29, 1.82) is 0 Å². The van der Waals surface area contributed by atoms with E-state index in [1.165, 1.54) is 11.1 Å². The van der Waals surface area contributed by atoms with E-state index in [0.717, 1.165) is 60.0 Å². The number of benzene rings is 2. The molecule has 2 aromatic heterocycles. The van der Waals surface area contributed by atoms with Crippen molar-refractivity contribution in [2.24, 2.45) is 0 Å². The van der Waals surface area contributed by atoms with Gasteiger partial charge in [-0.25, -0.2) is 4.98 Å². The summed E-state index contributed by atoms with van der Waals surface area (Å²) in [6.07, 6.45) is 5.99. The van der Waals surface area contributed by atoms with Crippen molar-refractivity contribution in [3.05, 3.63) is 87.5 Å². The Kier molecular flexibility index (Phi) is 10.2. The Balaban J connectivity index is 1.26. The average Bonchev–Trinajstić information content (AvgIpc) is 3.48. The molecule has 4 N–H and O–H groups in total. The van der Waals surface area contributed by atoms with Crippen molar-refractivity contribution in [2.75, 3.05) is 20.2 Å². The Bertz CT molecular complexity index is 1730. The lowest BCUT2D eigenvalue weighted by Crippen LogP contribution is -2.38. The van der Waals surface area contributed by atoms with E-state index < -0.39 is 6.10 Å². The van der Waals surface area contributed by atoms with Crippen molar-refractivity contribution in [3.8, 4) is 39.5 Å². The summed E-state index contributed by atoms with van der Waals surface area (Å²) in [5.74, 6) is 0.640. The predicted octanol–water partition coefficient (Wildman–Crippen LogP) is 6.51. The number of hydrogen-bond acceptors (Lipinski definition) is 7. The summed E-state index contributed by atoms with van der Waals surface area (Å²) >= 11 is 14.2. The first-order chi connectivity index (χ1) is 22.3. The number of rotatable bonds is 11. The van der Waals surface area contributed by atoms with Crippen LogP contribution in [0, 0.1) is 0 Å². The molecule has 8 nitrogen and oxygen atoms in total. The average molecular weight is 661 g/mol. The van der Waals surface area contributed by atoms with Crippen LogP contribution in [-0.4, -0.2) is 53.3 Å². The Labute approximate surface area is 279 Å². The molecule has 0 spiro atoms. The first-order valence-corrected chi connectivity index (χ1v) is 16.6. The fourth-order valence-corrected chi connectivity index (χ4v) is 7.07. The lowest BCUT2D eigenvalue weighted by molar-refractivity contribution is -0.119. The van der Waals surface area contributed by atoms with Crippen LogP contribution in [-0.2, 0) is 17.8 Å². The Morgan fingerprint density at radius 2 is 1.87 bits per heavy atom. The molecular weight excluding hydrogens is 621 g/mol. The molecule has 2 aliphatic rings. The molecule has 1 aliphatic heterocycles. The second kappa shape index (κ2) is 14.5. The highest BCUT2D eigenvalue weighted by molar-refractivity contribution is 6.39. The lowest BCUT2D eigenvalue weighted by atomic mass is 9.86. The number of aliphatic hydroxyl groups is 1. The van der Waals surface area contributed by atoms with Gasteiger partial charge in [-0.2, -0.15) is 0 Å². The number of nitrogens with zero attached hydrogens (tertiary/aromatic N) is 2. The van der Waals surface area contributed by atoms with Crippen LogP contribution in [0.4, 0.5) is 0 Å². The van der Waals surface area contributed by atoms with E-state index in [0.29, 0.717) is 46.8 Å². The van der Waals surface area contributed by atoms with Crippen molar-refractivity contribution in [1.82, 2.24) is 25.9 Å². The molecule has 0 radical (unpaired) electrons. The number of amides is 1. The number of fused-ring (bicyclic) bond motifs is 1. The summed E-state index contributed by atoms with van der Waals surface area (Å²) in [7, 11) is 1.59. The third kappa shape index (κ3) is 7.06. The Hall–Kier alpha value is -3.53. The predicted molar refractivity (Wildman–Crippen MR) is 183 cm³/mol. The van der Waals surface area contributed by atoms with Crippen LogP contribution in [0.3, 0.4) is 0 Å². The number of carbonyl (C=O) groups excluding carboxylic acids is 1. The number of aliphatic hydroxyl groups excluding tert-OH is 1. The molecule has 1 saturated heterocycles. The minimum absolute atomic E-state index is 0.143. The summed E-state index contributed by atoms with van der Waals surface area (Å²) in [5.41, 5.74) is 8.18. The number of halogens is 2. The van der Waals surface area contributed by atoms with Crippen molar-refractivity contribution < 1.29 is 14.6 Å². The quantitative estimate of drug-likeness (QED) is 0.145. The van der Waals surface area contributed by atoms with Crippen molar-refractivity contribution >= 4 is 29.1 Å². The van der Waals surface area contributed by atoms with Gasteiger partial charge in [0.2, 0.25) is 11.8 Å². The number of nitrogens with one attached hydrogen (secondary N) is 3. The molecule has 4 aromatic rings. The molecule has 10 heteroatoms. The number of methoxy groups -OCH3 is 1. The summed E-state index contributed by atoms with van der Waals surface area (Å²) in [6, 6.07) is 18.6. The van der Waals surface area contributed by atoms with Crippen LogP contribution >= 0.6 is 23.2 Å². The van der Waals surface area contributed by atoms with Gasteiger partial charge in [0, 0.05) is 72.2 Å². The highest BCUT2D eigenvalue weighted by Gasteiger charge is 2.25. The van der Waals surface area contributed by atoms with E-state index in [4.69, 9.17) is 37.9 Å². The van der Waals surface area contributed by atoms with E-state index in [2.05, 4.69) is 34.1 Å². The lowest BCUT2D eigenvalue weighted by Gasteiger charge is -2.28. The number of aromatic nitrogens is 2. The van der Waals surface area contributed by atoms with E-state index in [1.807, 2.05) is 36.4 Å². The summed E-state index contributed by atoms with van der Waals surface area (Å²) < 4.78 is 5.59. The standard InChI is InChI=1S/C36H39Cl2N5O3/c1-21(44)18-39-19-24-10-13-31(43-36(24)46-2)29-7-4-6-27(33(29)37)28-15-16-40-35(34(28)38)23-9-12-26-22(17-23)5-3-8-30(26)41-20-25-11-14-32(45)42-25/h4,6-7,9-10,12-13,15-17,21,25,30,39,41,44H,3,5,8,11,14,18-20H2,1-2H3,(H,42,45)/t21-,25-,30+/m1/s1. The fourth-order valence-electron chi connectivity index (χ4n) is 6.43.